The molecule has 2 rings (SSSR count). The van der Waals surface area contributed by atoms with Crippen molar-refractivity contribution in [2.45, 2.75) is 32.0 Å². The summed E-state index contributed by atoms with van der Waals surface area (Å²) in [5.41, 5.74) is 4.07. The van der Waals surface area contributed by atoms with Gasteiger partial charge in [0.25, 0.3) is 0 Å². The van der Waals surface area contributed by atoms with Crippen molar-refractivity contribution in [3.63, 3.8) is 0 Å². The molecule has 1 heterocycles. The first kappa shape index (κ1) is 14.0. The molecule has 1 atom stereocenters. The Labute approximate surface area is 118 Å². The zero-order chi connectivity index (χ0) is 13.8. The lowest BCUT2D eigenvalue weighted by molar-refractivity contribution is 0.204. The van der Waals surface area contributed by atoms with Crippen LogP contribution in [0.5, 0.6) is 0 Å². The average Bonchev–Trinajstić information content (AvgIpc) is 2.43. The topological polar surface area (TPSA) is 46.0 Å². The van der Waals surface area contributed by atoms with E-state index in [4.69, 9.17) is 0 Å². The van der Waals surface area contributed by atoms with Gasteiger partial charge in [-0.3, -0.25) is 0 Å². The summed E-state index contributed by atoms with van der Waals surface area (Å²) in [6.07, 6.45) is -0.489. The molecule has 2 aromatic rings. The monoisotopic (exact) mass is 274 g/mol. The highest BCUT2D eigenvalue weighted by Crippen LogP contribution is 2.23. The van der Waals surface area contributed by atoms with Crippen LogP contribution in [0, 0.1) is 20.8 Å². The number of hydrogen-bond donors (Lipinski definition) is 1. The fraction of sp³-hybridized carbons (Fsp3) is 0.333. The van der Waals surface area contributed by atoms with E-state index in [-0.39, 0.29) is 0 Å². The van der Waals surface area contributed by atoms with Crippen LogP contribution in [-0.2, 0) is 0 Å². The van der Waals surface area contributed by atoms with E-state index < -0.39 is 6.10 Å². The van der Waals surface area contributed by atoms with Crippen LogP contribution in [0.2, 0.25) is 0 Å². The van der Waals surface area contributed by atoms with Gasteiger partial charge < -0.3 is 5.11 Å². The van der Waals surface area contributed by atoms with E-state index >= 15 is 0 Å². The second-order valence-corrected chi connectivity index (χ2v) is 5.53. The average molecular weight is 274 g/mol. The Hall–Kier alpha value is -1.39. The lowest BCUT2D eigenvalue weighted by Crippen LogP contribution is -2.03. The smallest absolute Gasteiger partial charge is 0.188 e. The normalized spacial score (nSPS) is 12.4. The van der Waals surface area contributed by atoms with Crippen molar-refractivity contribution in [2.75, 3.05) is 5.75 Å². The van der Waals surface area contributed by atoms with E-state index in [1.807, 2.05) is 51.1 Å². The van der Waals surface area contributed by atoms with Gasteiger partial charge in [-0.05, 0) is 31.9 Å². The van der Waals surface area contributed by atoms with Crippen molar-refractivity contribution in [2.24, 2.45) is 0 Å². The standard InChI is InChI=1S/C15H18N2OS/c1-10-11(2)16-15(17-12(10)3)19-9-14(18)13-7-5-4-6-8-13/h4-8,14,18H,9H2,1-3H3. The molecule has 1 aromatic heterocycles. The Morgan fingerprint density at radius 3 is 2.21 bits per heavy atom. The minimum atomic E-state index is -0.489. The molecule has 0 aliphatic carbocycles. The Balaban J connectivity index is 2.03. The molecule has 1 aromatic carbocycles. The Kier molecular flexibility index (Phi) is 4.56. The van der Waals surface area contributed by atoms with Gasteiger partial charge in [0.2, 0.25) is 0 Å². The molecule has 1 unspecified atom stereocenters. The van der Waals surface area contributed by atoms with Gasteiger partial charge in [-0.2, -0.15) is 0 Å². The number of hydrogen-bond acceptors (Lipinski definition) is 4. The first-order valence-corrected chi connectivity index (χ1v) is 7.24. The molecular weight excluding hydrogens is 256 g/mol. The second-order valence-electron chi connectivity index (χ2n) is 4.54. The molecule has 100 valence electrons. The molecule has 0 amide bonds. The number of aromatic nitrogens is 2. The van der Waals surface area contributed by atoms with Crippen molar-refractivity contribution in [3.05, 3.63) is 52.8 Å². The summed E-state index contributed by atoms with van der Waals surface area (Å²) < 4.78 is 0. The van der Waals surface area contributed by atoms with Crippen LogP contribution in [0.4, 0.5) is 0 Å². The summed E-state index contributed by atoms with van der Waals surface area (Å²) in [6, 6.07) is 9.66. The highest BCUT2D eigenvalue weighted by molar-refractivity contribution is 7.99. The fourth-order valence-electron chi connectivity index (χ4n) is 1.73. The highest BCUT2D eigenvalue weighted by Gasteiger charge is 2.10. The van der Waals surface area contributed by atoms with Crippen molar-refractivity contribution in [3.8, 4) is 0 Å². The van der Waals surface area contributed by atoms with Crippen LogP contribution in [0.25, 0.3) is 0 Å². The lowest BCUT2D eigenvalue weighted by Gasteiger charge is -2.11. The summed E-state index contributed by atoms with van der Waals surface area (Å²) in [5, 5.41) is 10.8. The van der Waals surface area contributed by atoms with Crippen LogP contribution in [0.1, 0.15) is 28.6 Å². The maximum absolute atomic E-state index is 10.1. The van der Waals surface area contributed by atoms with Gasteiger partial charge in [0, 0.05) is 17.1 Å². The van der Waals surface area contributed by atoms with Gasteiger partial charge >= 0.3 is 0 Å². The molecule has 0 saturated heterocycles. The van der Waals surface area contributed by atoms with Crippen LogP contribution < -0.4 is 0 Å². The molecule has 19 heavy (non-hydrogen) atoms. The second kappa shape index (κ2) is 6.17. The van der Waals surface area contributed by atoms with E-state index in [9.17, 15) is 5.11 Å². The largest absolute Gasteiger partial charge is 0.388 e. The Morgan fingerprint density at radius 1 is 1.05 bits per heavy atom. The molecule has 0 saturated carbocycles. The SMILES string of the molecule is Cc1nc(SCC(O)c2ccccc2)nc(C)c1C. The van der Waals surface area contributed by atoms with Crippen LogP contribution in [-0.4, -0.2) is 20.8 Å². The zero-order valence-corrected chi connectivity index (χ0v) is 12.2. The molecule has 4 heteroatoms. The fourth-order valence-corrected chi connectivity index (χ4v) is 2.63. The first-order valence-electron chi connectivity index (χ1n) is 6.25. The van der Waals surface area contributed by atoms with Crippen molar-refractivity contribution in [1.29, 1.82) is 0 Å². The minimum Gasteiger partial charge on any atom is -0.388 e. The number of thioether (sulfide) groups is 1. The molecule has 0 fully saturated rings. The van der Waals surface area contributed by atoms with Gasteiger partial charge in [-0.15, -0.1) is 0 Å². The van der Waals surface area contributed by atoms with E-state index in [2.05, 4.69) is 9.97 Å². The van der Waals surface area contributed by atoms with E-state index in [0.717, 1.165) is 27.7 Å². The van der Waals surface area contributed by atoms with Crippen molar-refractivity contribution in [1.82, 2.24) is 9.97 Å². The van der Waals surface area contributed by atoms with E-state index in [1.165, 1.54) is 11.8 Å². The molecule has 0 aliphatic rings. The first-order chi connectivity index (χ1) is 9.08. The predicted molar refractivity (Wildman–Crippen MR) is 78.4 cm³/mol. The van der Waals surface area contributed by atoms with Gasteiger partial charge in [0.1, 0.15) is 0 Å². The van der Waals surface area contributed by atoms with Crippen LogP contribution in [0.3, 0.4) is 0 Å². The molecule has 3 nitrogen and oxygen atoms in total. The number of rotatable bonds is 4. The summed E-state index contributed by atoms with van der Waals surface area (Å²) >= 11 is 1.49. The quantitative estimate of drug-likeness (QED) is 0.687. The van der Waals surface area contributed by atoms with E-state index in [0.29, 0.717) is 5.75 Å². The molecule has 0 radical (unpaired) electrons. The molecule has 1 N–H and O–H groups in total. The lowest BCUT2D eigenvalue weighted by atomic mass is 10.1. The molecule has 0 spiro atoms. The predicted octanol–water partition coefficient (Wildman–Crippen LogP) is 3.23. The van der Waals surface area contributed by atoms with E-state index in [1.54, 1.807) is 0 Å². The maximum Gasteiger partial charge on any atom is 0.188 e. The number of aliphatic hydroxyl groups excluding tert-OH is 1. The maximum atomic E-state index is 10.1. The van der Waals surface area contributed by atoms with Crippen molar-refractivity contribution >= 4 is 11.8 Å². The highest BCUT2D eigenvalue weighted by atomic mass is 32.2. The number of aliphatic hydroxyl groups is 1. The summed E-state index contributed by atoms with van der Waals surface area (Å²) in [7, 11) is 0. The number of aryl methyl sites for hydroxylation is 2. The van der Waals surface area contributed by atoms with Gasteiger partial charge in [-0.1, -0.05) is 42.1 Å². The van der Waals surface area contributed by atoms with Gasteiger partial charge in [-0.25, -0.2) is 9.97 Å². The number of benzene rings is 1. The third-order valence-electron chi connectivity index (χ3n) is 3.17. The molecule has 0 aliphatic heterocycles. The summed E-state index contributed by atoms with van der Waals surface area (Å²) in [4.78, 5) is 8.88. The summed E-state index contributed by atoms with van der Waals surface area (Å²) in [6.45, 7) is 6.00. The van der Waals surface area contributed by atoms with Crippen LogP contribution >= 0.6 is 11.8 Å². The Bertz CT molecular complexity index is 534. The minimum absolute atomic E-state index is 0.489. The molecule has 0 bridgehead atoms. The Morgan fingerprint density at radius 2 is 1.63 bits per heavy atom. The third-order valence-corrected chi connectivity index (χ3v) is 4.09. The zero-order valence-electron chi connectivity index (χ0n) is 11.4. The van der Waals surface area contributed by atoms with Gasteiger partial charge in [0.05, 0.1) is 6.10 Å². The van der Waals surface area contributed by atoms with Crippen LogP contribution in [0.15, 0.2) is 35.5 Å². The molecular formula is C15H18N2OS. The van der Waals surface area contributed by atoms with Gasteiger partial charge in [0.15, 0.2) is 5.16 Å². The summed E-state index contributed by atoms with van der Waals surface area (Å²) in [5.74, 6) is 0.561. The number of nitrogens with zero attached hydrogens (tertiary/aromatic N) is 2. The van der Waals surface area contributed by atoms with Crippen molar-refractivity contribution < 1.29 is 5.11 Å². The third kappa shape index (κ3) is 3.55.